The fourth-order valence-electron chi connectivity index (χ4n) is 2.40. The summed E-state index contributed by atoms with van der Waals surface area (Å²) in [6, 6.07) is 11.6. The third-order valence-corrected chi connectivity index (χ3v) is 3.52. The molecule has 1 heterocycles. The van der Waals surface area contributed by atoms with Gasteiger partial charge in [0, 0.05) is 5.69 Å². The highest BCUT2D eigenvalue weighted by molar-refractivity contribution is 5.79. The van der Waals surface area contributed by atoms with Gasteiger partial charge in [-0.2, -0.15) is 5.10 Å². The Morgan fingerprint density at radius 2 is 2.04 bits per heavy atom. The molecule has 0 saturated heterocycles. The average molecular weight is 332 g/mol. The van der Waals surface area contributed by atoms with E-state index in [1.165, 1.54) is 4.68 Å². The maximum Gasteiger partial charge on any atom is 0.249 e. The fourth-order valence-corrected chi connectivity index (χ4v) is 2.40. The Labute approximate surface area is 142 Å². The molecule has 6 heteroatoms. The second kappa shape index (κ2) is 9.32. The van der Waals surface area contributed by atoms with Crippen molar-refractivity contribution in [2.24, 2.45) is 0 Å². The molecule has 1 unspecified atom stereocenters. The zero-order chi connectivity index (χ0) is 17.4. The van der Waals surface area contributed by atoms with Crippen LogP contribution in [-0.2, 0) is 16.1 Å². The average Bonchev–Trinajstić information content (AvgIpc) is 2.92. The Morgan fingerprint density at radius 1 is 1.29 bits per heavy atom. The van der Waals surface area contributed by atoms with Gasteiger partial charge in [-0.15, -0.1) is 0 Å². The Balaban J connectivity index is 1.96. The van der Waals surface area contributed by atoms with E-state index in [2.05, 4.69) is 5.10 Å². The SMILES string of the molecule is Cc1cc(C)n(C(=O)CC(COCCO)OCc2ccccc2)n1. The molecule has 6 nitrogen and oxygen atoms in total. The van der Waals surface area contributed by atoms with Crippen molar-refractivity contribution >= 4 is 5.91 Å². The molecule has 0 bridgehead atoms. The second-order valence-electron chi connectivity index (χ2n) is 5.65. The van der Waals surface area contributed by atoms with Crippen molar-refractivity contribution in [3.8, 4) is 0 Å². The van der Waals surface area contributed by atoms with Gasteiger partial charge in [0.15, 0.2) is 0 Å². The van der Waals surface area contributed by atoms with E-state index in [-0.39, 0.29) is 32.1 Å². The van der Waals surface area contributed by atoms with Gasteiger partial charge in [-0.1, -0.05) is 30.3 Å². The Kier molecular flexibility index (Phi) is 7.11. The van der Waals surface area contributed by atoms with Gasteiger partial charge >= 0.3 is 0 Å². The number of aromatic nitrogens is 2. The highest BCUT2D eigenvalue weighted by Gasteiger charge is 2.18. The number of aliphatic hydroxyl groups excluding tert-OH is 1. The highest BCUT2D eigenvalue weighted by Crippen LogP contribution is 2.10. The van der Waals surface area contributed by atoms with Crippen molar-refractivity contribution in [2.75, 3.05) is 19.8 Å². The first-order valence-corrected chi connectivity index (χ1v) is 8.00. The zero-order valence-corrected chi connectivity index (χ0v) is 14.1. The monoisotopic (exact) mass is 332 g/mol. The summed E-state index contributed by atoms with van der Waals surface area (Å²) in [4.78, 5) is 12.4. The van der Waals surface area contributed by atoms with E-state index < -0.39 is 6.10 Å². The molecule has 0 fully saturated rings. The summed E-state index contributed by atoms with van der Waals surface area (Å²) >= 11 is 0. The number of carbonyl (C=O) groups is 1. The van der Waals surface area contributed by atoms with Crippen LogP contribution in [0.2, 0.25) is 0 Å². The molecule has 0 radical (unpaired) electrons. The fraction of sp³-hybridized carbons (Fsp3) is 0.444. The van der Waals surface area contributed by atoms with Crippen LogP contribution in [0.4, 0.5) is 0 Å². The van der Waals surface area contributed by atoms with Crippen LogP contribution in [0.25, 0.3) is 0 Å². The lowest BCUT2D eigenvalue weighted by Gasteiger charge is -2.17. The maximum atomic E-state index is 12.4. The van der Waals surface area contributed by atoms with Gasteiger partial charge in [0.05, 0.1) is 44.6 Å². The normalized spacial score (nSPS) is 12.3. The minimum atomic E-state index is -0.395. The molecular formula is C18H24N2O4. The number of rotatable bonds is 9. The van der Waals surface area contributed by atoms with Crippen LogP contribution in [0.15, 0.2) is 36.4 Å². The van der Waals surface area contributed by atoms with Crippen LogP contribution >= 0.6 is 0 Å². The van der Waals surface area contributed by atoms with Crippen LogP contribution in [0.1, 0.15) is 28.2 Å². The van der Waals surface area contributed by atoms with Crippen molar-refractivity contribution in [1.29, 1.82) is 0 Å². The summed E-state index contributed by atoms with van der Waals surface area (Å²) in [5, 5.41) is 13.0. The predicted molar refractivity (Wildman–Crippen MR) is 89.9 cm³/mol. The molecule has 24 heavy (non-hydrogen) atoms. The van der Waals surface area contributed by atoms with Gasteiger partial charge in [-0.05, 0) is 25.5 Å². The zero-order valence-electron chi connectivity index (χ0n) is 14.1. The minimum Gasteiger partial charge on any atom is -0.394 e. The van der Waals surface area contributed by atoms with Crippen LogP contribution in [0, 0.1) is 13.8 Å². The number of carbonyl (C=O) groups excluding carboxylic acids is 1. The predicted octanol–water partition coefficient (Wildman–Crippen LogP) is 2.12. The molecule has 0 amide bonds. The molecule has 1 aromatic carbocycles. The first kappa shape index (κ1) is 18.3. The number of aryl methyl sites for hydroxylation is 2. The minimum absolute atomic E-state index is 0.0587. The standard InChI is InChI=1S/C18H24N2O4/c1-14-10-15(2)20(19-14)18(22)11-17(13-23-9-8-21)24-12-16-6-4-3-5-7-16/h3-7,10,17,21H,8-9,11-13H2,1-2H3. The third kappa shape index (κ3) is 5.56. The first-order valence-electron chi connectivity index (χ1n) is 8.00. The molecule has 0 aliphatic rings. The van der Waals surface area contributed by atoms with Crippen molar-refractivity contribution < 1.29 is 19.4 Å². The van der Waals surface area contributed by atoms with Gasteiger partial charge in [0.25, 0.3) is 0 Å². The number of ether oxygens (including phenoxy) is 2. The molecule has 0 aliphatic carbocycles. The van der Waals surface area contributed by atoms with Crippen molar-refractivity contribution in [1.82, 2.24) is 9.78 Å². The van der Waals surface area contributed by atoms with Crippen LogP contribution in [0.5, 0.6) is 0 Å². The highest BCUT2D eigenvalue weighted by atomic mass is 16.5. The topological polar surface area (TPSA) is 73.6 Å². The van der Waals surface area contributed by atoms with E-state index in [0.717, 1.165) is 17.0 Å². The summed E-state index contributed by atoms with van der Waals surface area (Å²) < 4.78 is 12.6. The number of nitrogens with zero attached hydrogens (tertiary/aromatic N) is 2. The molecule has 2 aromatic rings. The van der Waals surface area contributed by atoms with E-state index in [1.54, 1.807) is 0 Å². The lowest BCUT2D eigenvalue weighted by molar-refractivity contribution is -0.0326. The van der Waals surface area contributed by atoms with Gasteiger partial charge in [-0.25, -0.2) is 4.68 Å². The molecule has 0 saturated carbocycles. The maximum absolute atomic E-state index is 12.4. The summed E-state index contributed by atoms with van der Waals surface area (Å²) in [5.74, 6) is -0.133. The van der Waals surface area contributed by atoms with Crippen molar-refractivity contribution in [2.45, 2.75) is 33.0 Å². The van der Waals surface area contributed by atoms with Crippen LogP contribution in [0.3, 0.4) is 0 Å². The molecular weight excluding hydrogens is 308 g/mol. The number of hydrogen-bond acceptors (Lipinski definition) is 5. The molecule has 1 N–H and O–H groups in total. The quantitative estimate of drug-likeness (QED) is 0.712. The Hall–Kier alpha value is -2.02. The van der Waals surface area contributed by atoms with Gasteiger partial charge < -0.3 is 14.6 Å². The second-order valence-corrected chi connectivity index (χ2v) is 5.65. The molecule has 1 atom stereocenters. The van der Waals surface area contributed by atoms with E-state index in [4.69, 9.17) is 14.6 Å². The number of aliphatic hydroxyl groups is 1. The largest absolute Gasteiger partial charge is 0.394 e. The van der Waals surface area contributed by atoms with Crippen LogP contribution in [-0.4, -0.2) is 46.7 Å². The van der Waals surface area contributed by atoms with E-state index >= 15 is 0 Å². The first-order chi connectivity index (χ1) is 11.6. The van der Waals surface area contributed by atoms with E-state index in [1.807, 2.05) is 50.2 Å². The molecule has 0 spiro atoms. The van der Waals surface area contributed by atoms with E-state index in [0.29, 0.717) is 6.61 Å². The lowest BCUT2D eigenvalue weighted by Crippen LogP contribution is -2.27. The summed E-state index contributed by atoms with van der Waals surface area (Å²) in [6.45, 7) is 4.51. The van der Waals surface area contributed by atoms with Crippen molar-refractivity contribution in [3.63, 3.8) is 0 Å². The van der Waals surface area contributed by atoms with E-state index in [9.17, 15) is 4.79 Å². The lowest BCUT2D eigenvalue weighted by atomic mass is 10.2. The van der Waals surface area contributed by atoms with Crippen LogP contribution < -0.4 is 0 Å². The molecule has 1 aromatic heterocycles. The van der Waals surface area contributed by atoms with Gasteiger partial charge in [-0.3, -0.25) is 4.79 Å². The summed E-state index contributed by atoms with van der Waals surface area (Å²) in [7, 11) is 0. The molecule has 0 aliphatic heterocycles. The summed E-state index contributed by atoms with van der Waals surface area (Å²) in [5.41, 5.74) is 2.64. The number of benzene rings is 1. The third-order valence-electron chi connectivity index (χ3n) is 3.52. The van der Waals surface area contributed by atoms with Crippen molar-refractivity contribution in [3.05, 3.63) is 53.3 Å². The van der Waals surface area contributed by atoms with Gasteiger partial charge in [0.1, 0.15) is 0 Å². The number of hydrogen-bond donors (Lipinski definition) is 1. The smallest absolute Gasteiger partial charge is 0.249 e. The summed E-state index contributed by atoms with van der Waals surface area (Å²) in [6.07, 6.45) is -0.228. The Morgan fingerprint density at radius 3 is 2.67 bits per heavy atom. The molecule has 130 valence electrons. The molecule has 2 rings (SSSR count). The Bertz CT molecular complexity index is 640. The van der Waals surface area contributed by atoms with Gasteiger partial charge in [0.2, 0.25) is 5.91 Å².